The number of primary sulfonamides is 1. The Kier molecular flexibility index (Phi) is 6.15. The van der Waals surface area contributed by atoms with Crippen LogP contribution in [-0.4, -0.2) is 56.8 Å². The van der Waals surface area contributed by atoms with E-state index in [4.69, 9.17) is 5.14 Å². The molecule has 1 amide bonds. The molecule has 0 aliphatic carbocycles. The summed E-state index contributed by atoms with van der Waals surface area (Å²) in [5.74, 6) is 0.255. The molecular formula is C16H25N3O3S. The standard InChI is InChI=1S/C16H25N3O3S/c1-2-3-16(20)19-12-10-18(11-13-19)9-8-14-4-6-15(7-5-14)23(17,21)22/h4-7H,2-3,8-13H2,1H3,(H2,17,21,22). The number of carbonyl (C=O) groups is 1. The van der Waals surface area contributed by atoms with Crippen LogP contribution in [0.4, 0.5) is 0 Å². The summed E-state index contributed by atoms with van der Waals surface area (Å²) in [7, 11) is -3.62. The maximum absolute atomic E-state index is 11.8. The molecule has 2 rings (SSSR count). The first-order valence-corrected chi connectivity index (χ1v) is 9.56. The highest BCUT2D eigenvalue weighted by atomic mass is 32.2. The van der Waals surface area contributed by atoms with Gasteiger partial charge in [-0.25, -0.2) is 13.6 Å². The number of benzene rings is 1. The normalized spacial score (nSPS) is 16.5. The minimum atomic E-state index is -3.62. The molecule has 0 aromatic heterocycles. The van der Waals surface area contributed by atoms with Gasteiger partial charge in [0.05, 0.1) is 4.90 Å². The average molecular weight is 339 g/mol. The molecule has 1 heterocycles. The van der Waals surface area contributed by atoms with Crippen LogP contribution in [0.2, 0.25) is 0 Å². The Bertz CT molecular complexity index is 620. The summed E-state index contributed by atoms with van der Waals surface area (Å²) in [6.45, 7) is 6.31. The largest absolute Gasteiger partial charge is 0.340 e. The Morgan fingerprint density at radius 3 is 2.26 bits per heavy atom. The summed E-state index contributed by atoms with van der Waals surface area (Å²) in [4.78, 5) is 16.3. The number of sulfonamides is 1. The van der Waals surface area contributed by atoms with E-state index in [1.807, 2.05) is 11.8 Å². The van der Waals surface area contributed by atoms with Crippen molar-refractivity contribution in [2.45, 2.75) is 31.1 Å². The molecule has 0 unspecified atom stereocenters. The molecule has 0 radical (unpaired) electrons. The van der Waals surface area contributed by atoms with Crippen LogP contribution in [0.1, 0.15) is 25.3 Å². The van der Waals surface area contributed by atoms with Gasteiger partial charge in [-0.1, -0.05) is 19.1 Å². The van der Waals surface area contributed by atoms with Gasteiger partial charge >= 0.3 is 0 Å². The highest BCUT2D eigenvalue weighted by Gasteiger charge is 2.20. The molecule has 0 saturated carbocycles. The SMILES string of the molecule is CCCC(=O)N1CCN(CCc2ccc(S(N)(=O)=O)cc2)CC1. The molecule has 0 spiro atoms. The Hall–Kier alpha value is -1.44. The molecular weight excluding hydrogens is 314 g/mol. The van der Waals surface area contributed by atoms with Gasteiger partial charge in [0, 0.05) is 39.1 Å². The van der Waals surface area contributed by atoms with E-state index in [1.165, 1.54) is 0 Å². The Labute approximate surface area is 138 Å². The zero-order chi connectivity index (χ0) is 16.9. The summed E-state index contributed by atoms with van der Waals surface area (Å²) in [6, 6.07) is 6.71. The van der Waals surface area contributed by atoms with Gasteiger partial charge < -0.3 is 4.90 Å². The zero-order valence-electron chi connectivity index (χ0n) is 13.6. The van der Waals surface area contributed by atoms with E-state index >= 15 is 0 Å². The van der Waals surface area contributed by atoms with Gasteiger partial charge in [0.1, 0.15) is 0 Å². The second-order valence-corrected chi connectivity index (χ2v) is 7.47. The van der Waals surface area contributed by atoms with Gasteiger partial charge in [0.25, 0.3) is 0 Å². The van der Waals surface area contributed by atoms with Gasteiger partial charge in [0.15, 0.2) is 0 Å². The number of rotatable bonds is 6. The molecule has 0 atom stereocenters. The first-order valence-electron chi connectivity index (χ1n) is 8.02. The van der Waals surface area contributed by atoms with Crippen molar-refractivity contribution in [1.29, 1.82) is 0 Å². The quantitative estimate of drug-likeness (QED) is 0.832. The Morgan fingerprint density at radius 2 is 1.74 bits per heavy atom. The lowest BCUT2D eigenvalue weighted by Crippen LogP contribution is -2.49. The lowest BCUT2D eigenvalue weighted by Gasteiger charge is -2.34. The average Bonchev–Trinajstić information content (AvgIpc) is 2.53. The van der Waals surface area contributed by atoms with Gasteiger partial charge in [-0.15, -0.1) is 0 Å². The summed E-state index contributed by atoms with van der Waals surface area (Å²) < 4.78 is 22.4. The van der Waals surface area contributed by atoms with E-state index in [1.54, 1.807) is 24.3 Å². The number of hydrogen-bond acceptors (Lipinski definition) is 4. The van der Waals surface area contributed by atoms with Crippen LogP contribution < -0.4 is 5.14 Å². The fourth-order valence-corrected chi connectivity index (χ4v) is 3.24. The summed E-state index contributed by atoms with van der Waals surface area (Å²) >= 11 is 0. The maximum Gasteiger partial charge on any atom is 0.238 e. The summed E-state index contributed by atoms with van der Waals surface area (Å²) in [5, 5.41) is 5.09. The summed E-state index contributed by atoms with van der Waals surface area (Å²) in [6.07, 6.45) is 2.39. The minimum absolute atomic E-state index is 0.143. The first-order chi connectivity index (χ1) is 10.9. The van der Waals surface area contributed by atoms with Crippen LogP contribution in [0, 0.1) is 0 Å². The van der Waals surface area contributed by atoms with Crippen LogP contribution >= 0.6 is 0 Å². The van der Waals surface area contributed by atoms with E-state index in [0.717, 1.165) is 51.1 Å². The van der Waals surface area contributed by atoms with E-state index < -0.39 is 10.0 Å². The van der Waals surface area contributed by atoms with Crippen molar-refractivity contribution in [3.63, 3.8) is 0 Å². The van der Waals surface area contributed by atoms with Gasteiger partial charge in [-0.3, -0.25) is 9.69 Å². The summed E-state index contributed by atoms with van der Waals surface area (Å²) in [5.41, 5.74) is 1.09. The zero-order valence-corrected chi connectivity index (χ0v) is 14.4. The predicted octanol–water partition coefficient (Wildman–Crippen LogP) is 0.821. The van der Waals surface area contributed by atoms with Crippen LogP contribution in [0.3, 0.4) is 0 Å². The van der Waals surface area contributed by atoms with Crippen molar-refractivity contribution in [3.05, 3.63) is 29.8 Å². The molecule has 128 valence electrons. The number of carbonyl (C=O) groups excluding carboxylic acids is 1. The number of hydrogen-bond donors (Lipinski definition) is 1. The molecule has 7 heteroatoms. The Morgan fingerprint density at radius 1 is 1.13 bits per heavy atom. The molecule has 1 saturated heterocycles. The first kappa shape index (κ1) is 17.9. The second-order valence-electron chi connectivity index (χ2n) is 5.91. The molecule has 1 aliphatic heterocycles. The van der Waals surface area contributed by atoms with E-state index in [-0.39, 0.29) is 10.8 Å². The topological polar surface area (TPSA) is 83.7 Å². The lowest BCUT2D eigenvalue weighted by atomic mass is 10.1. The van der Waals surface area contributed by atoms with E-state index in [0.29, 0.717) is 6.42 Å². The molecule has 6 nitrogen and oxygen atoms in total. The predicted molar refractivity (Wildman–Crippen MR) is 89.4 cm³/mol. The van der Waals surface area contributed by atoms with Gasteiger partial charge in [-0.05, 0) is 30.5 Å². The highest BCUT2D eigenvalue weighted by molar-refractivity contribution is 7.89. The van der Waals surface area contributed by atoms with Gasteiger partial charge in [-0.2, -0.15) is 0 Å². The Balaban J connectivity index is 1.78. The molecule has 1 aliphatic rings. The maximum atomic E-state index is 11.8. The van der Waals surface area contributed by atoms with Crippen molar-refractivity contribution in [2.24, 2.45) is 5.14 Å². The highest BCUT2D eigenvalue weighted by Crippen LogP contribution is 2.11. The van der Waals surface area contributed by atoms with Crippen LogP contribution in [0.5, 0.6) is 0 Å². The van der Waals surface area contributed by atoms with Crippen molar-refractivity contribution in [1.82, 2.24) is 9.80 Å². The minimum Gasteiger partial charge on any atom is -0.340 e. The van der Waals surface area contributed by atoms with Crippen molar-refractivity contribution >= 4 is 15.9 Å². The molecule has 1 aromatic rings. The molecule has 0 bridgehead atoms. The fraction of sp³-hybridized carbons (Fsp3) is 0.562. The lowest BCUT2D eigenvalue weighted by molar-refractivity contribution is -0.132. The van der Waals surface area contributed by atoms with Crippen molar-refractivity contribution in [2.75, 3.05) is 32.7 Å². The molecule has 2 N–H and O–H groups in total. The van der Waals surface area contributed by atoms with Crippen LogP contribution in [-0.2, 0) is 21.2 Å². The van der Waals surface area contributed by atoms with Crippen molar-refractivity contribution in [3.8, 4) is 0 Å². The third-order valence-corrected chi connectivity index (χ3v) is 5.09. The molecule has 1 aromatic carbocycles. The van der Waals surface area contributed by atoms with Crippen LogP contribution in [0.15, 0.2) is 29.2 Å². The second kappa shape index (κ2) is 7.90. The molecule has 1 fully saturated rings. The smallest absolute Gasteiger partial charge is 0.238 e. The number of nitrogens with two attached hydrogens (primary N) is 1. The number of piperazine rings is 1. The monoisotopic (exact) mass is 339 g/mol. The van der Waals surface area contributed by atoms with Crippen molar-refractivity contribution < 1.29 is 13.2 Å². The third-order valence-electron chi connectivity index (χ3n) is 4.16. The van der Waals surface area contributed by atoms with E-state index in [2.05, 4.69) is 4.90 Å². The van der Waals surface area contributed by atoms with Gasteiger partial charge in [0.2, 0.25) is 15.9 Å². The van der Waals surface area contributed by atoms with E-state index in [9.17, 15) is 13.2 Å². The number of nitrogens with zero attached hydrogens (tertiary/aromatic N) is 2. The number of amides is 1. The third kappa shape index (κ3) is 5.30. The fourth-order valence-electron chi connectivity index (χ4n) is 2.73. The molecule has 23 heavy (non-hydrogen) atoms. The van der Waals surface area contributed by atoms with Crippen LogP contribution in [0.25, 0.3) is 0 Å².